The molecule has 0 bridgehead atoms. The summed E-state index contributed by atoms with van der Waals surface area (Å²) in [5.74, 6) is 0. The minimum absolute atomic E-state index is 0.971. The Balaban J connectivity index is 0.000000815. The Labute approximate surface area is 149 Å². The highest BCUT2D eigenvalue weighted by atomic mass is 32.1. The maximum absolute atomic E-state index is 4.55. The number of aryl methyl sites for hydroxylation is 1. The number of thiol groups is 1. The molecule has 0 atom stereocenters. The van der Waals surface area contributed by atoms with E-state index in [2.05, 4.69) is 80.7 Å². The first-order chi connectivity index (χ1) is 11.7. The van der Waals surface area contributed by atoms with Gasteiger partial charge in [0.1, 0.15) is 0 Å². The largest absolute Gasteiger partial charge is 0.143 e. The van der Waals surface area contributed by atoms with Gasteiger partial charge in [0.25, 0.3) is 0 Å². The first kappa shape index (κ1) is 16.6. The minimum Gasteiger partial charge on any atom is -0.143 e. The second kappa shape index (κ2) is 6.70. The molecule has 0 amide bonds. The normalized spacial score (nSPS) is 10.7. The summed E-state index contributed by atoms with van der Waals surface area (Å²) in [6.07, 6.45) is 1.89. The maximum Gasteiger partial charge on any atom is 0.0119 e. The predicted molar refractivity (Wildman–Crippen MR) is 112 cm³/mol. The van der Waals surface area contributed by atoms with E-state index in [1.54, 1.807) is 0 Å². The summed E-state index contributed by atoms with van der Waals surface area (Å²) in [5.41, 5.74) is 2.40. The lowest BCUT2D eigenvalue weighted by molar-refractivity contribution is 1.49. The third-order valence-corrected chi connectivity index (χ3v) is 4.74. The number of fused-ring (bicyclic) bond motifs is 4. The highest BCUT2D eigenvalue weighted by molar-refractivity contribution is 7.80. The summed E-state index contributed by atoms with van der Waals surface area (Å²) in [4.78, 5) is 0.971. The predicted octanol–water partition coefficient (Wildman–Crippen LogP) is 7.41. The second-order valence-electron chi connectivity index (χ2n) is 5.79. The molecule has 0 nitrogen and oxygen atoms in total. The summed E-state index contributed by atoms with van der Waals surface area (Å²) < 4.78 is 0. The van der Waals surface area contributed by atoms with Crippen LogP contribution in [-0.2, 0) is 0 Å². The lowest BCUT2D eigenvalue weighted by Gasteiger charge is -2.10. The molecular formula is C23H22S. The first-order valence-corrected chi connectivity index (χ1v) is 8.83. The molecule has 0 fully saturated rings. The van der Waals surface area contributed by atoms with Gasteiger partial charge < -0.3 is 0 Å². The van der Waals surface area contributed by atoms with Gasteiger partial charge in [0.15, 0.2) is 0 Å². The summed E-state index contributed by atoms with van der Waals surface area (Å²) >= 11 is 4.55. The van der Waals surface area contributed by atoms with Gasteiger partial charge in [-0.3, -0.25) is 0 Å². The van der Waals surface area contributed by atoms with Crippen molar-refractivity contribution in [3.63, 3.8) is 0 Å². The van der Waals surface area contributed by atoms with E-state index in [1.807, 2.05) is 19.9 Å². The van der Waals surface area contributed by atoms with Crippen molar-refractivity contribution in [2.45, 2.75) is 25.7 Å². The number of hydrogen-bond donors (Lipinski definition) is 1. The van der Waals surface area contributed by atoms with Crippen LogP contribution in [0.5, 0.6) is 0 Å². The van der Waals surface area contributed by atoms with E-state index < -0.39 is 0 Å². The Morgan fingerprint density at radius 3 is 2.21 bits per heavy atom. The monoisotopic (exact) mass is 330 g/mol. The van der Waals surface area contributed by atoms with Gasteiger partial charge in [-0.2, -0.15) is 0 Å². The highest BCUT2D eigenvalue weighted by Gasteiger charge is 2.07. The van der Waals surface area contributed by atoms with Gasteiger partial charge in [0.05, 0.1) is 0 Å². The zero-order chi connectivity index (χ0) is 17.3. The fraction of sp³-hybridized carbons (Fsp3) is 0.130. The fourth-order valence-electron chi connectivity index (χ4n) is 3.23. The molecule has 0 aliphatic carbocycles. The van der Waals surface area contributed by atoms with Crippen LogP contribution in [0.3, 0.4) is 0 Å². The van der Waals surface area contributed by atoms with Crippen LogP contribution in [0.2, 0.25) is 0 Å². The topological polar surface area (TPSA) is 0 Å². The molecule has 120 valence electrons. The van der Waals surface area contributed by atoms with Gasteiger partial charge in [-0.05, 0) is 63.0 Å². The molecule has 0 heterocycles. The van der Waals surface area contributed by atoms with Crippen molar-refractivity contribution < 1.29 is 0 Å². The third-order valence-electron chi connectivity index (χ3n) is 4.35. The van der Waals surface area contributed by atoms with Crippen molar-refractivity contribution in [1.82, 2.24) is 0 Å². The number of hydrogen-bond acceptors (Lipinski definition) is 1. The summed E-state index contributed by atoms with van der Waals surface area (Å²) in [6, 6.07) is 19.8. The summed E-state index contributed by atoms with van der Waals surface area (Å²) in [6.45, 7) is 10.1. The van der Waals surface area contributed by atoms with Crippen LogP contribution in [0.4, 0.5) is 0 Å². The molecule has 0 aliphatic rings. The summed E-state index contributed by atoms with van der Waals surface area (Å²) in [7, 11) is 0. The van der Waals surface area contributed by atoms with Crippen molar-refractivity contribution in [3.05, 3.63) is 72.3 Å². The molecule has 4 rings (SSSR count). The van der Waals surface area contributed by atoms with Gasteiger partial charge in [0, 0.05) is 4.90 Å². The van der Waals surface area contributed by atoms with Crippen LogP contribution in [0.1, 0.15) is 25.0 Å². The molecule has 0 N–H and O–H groups in total. The molecular weight excluding hydrogens is 308 g/mol. The number of benzene rings is 4. The molecule has 4 aromatic carbocycles. The van der Waals surface area contributed by atoms with Gasteiger partial charge in [0.2, 0.25) is 0 Å². The van der Waals surface area contributed by atoms with Crippen LogP contribution >= 0.6 is 12.6 Å². The molecule has 0 saturated carbocycles. The standard InChI is InChI=1S/C21H16S.C2H6/c1-3-17-18-7-6-15-11-16-10-13(2)4-5-14(16)12-20(15)19(18)8-9-21(17)22;1-2/h3-12,22H,1H2,2H3;1-2H3. The van der Waals surface area contributed by atoms with Crippen LogP contribution in [-0.4, -0.2) is 0 Å². The van der Waals surface area contributed by atoms with Crippen molar-refractivity contribution in [1.29, 1.82) is 0 Å². The van der Waals surface area contributed by atoms with E-state index in [-0.39, 0.29) is 0 Å². The van der Waals surface area contributed by atoms with E-state index in [1.165, 1.54) is 37.9 Å². The van der Waals surface area contributed by atoms with Crippen molar-refractivity contribution in [2.24, 2.45) is 0 Å². The average molecular weight is 330 g/mol. The smallest absolute Gasteiger partial charge is 0.0119 e. The van der Waals surface area contributed by atoms with Crippen LogP contribution in [0, 0.1) is 6.92 Å². The average Bonchev–Trinajstić information content (AvgIpc) is 2.61. The van der Waals surface area contributed by atoms with Crippen LogP contribution in [0.15, 0.2) is 66.1 Å². The first-order valence-electron chi connectivity index (χ1n) is 8.38. The molecule has 24 heavy (non-hydrogen) atoms. The van der Waals surface area contributed by atoms with Crippen molar-refractivity contribution in [3.8, 4) is 0 Å². The van der Waals surface area contributed by atoms with Gasteiger partial charge in [-0.1, -0.05) is 68.5 Å². The quantitative estimate of drug-likeness (QED) is 0.210. The van der Waals surface area contributed by atoms with E-state index in [0.29, 0.717) is 0 Å². The SMILES string of the molecule is C=Cc1c(S)ccc2c1ccc1cc3cc(C)ccc3cc12.CC. The van der Waals surface area contributed by atoms with Crippen molar-refractivity contribution in [2.75, 3.05) is 0 Å². The number of rotatable bonds is 1. The van der Waals surface area contributed by atoms with Gasteiger partial charge in [-0.15, -0.1) is 12.6 Å². The van der Waals surface area contributed by atoms with E-state index >= 15 is 0 Å². The maximum atomic E-state index is 4.55. The third kappa shape index (κ3) is 2.70. The molecule has 0 unspecified atom stereocenters. The van der Waals surface area contributed by atoms with Crippen LogP contribution < -0.4 is 0 Å². The lowest BCUT2D eigenvalue weighted by atomic mass is 9.95. The Bertz CT molecular complexity index is 1060. The Kier molecular flexibility index (Phi) is 4.64. The van der Waals surface area contributed by atoms with Gasteiger partial charge in [-0.25, -0.2) is 0 Å². The molecule has 0 radical (unpaired) electrons. The van der Waals surface area contributed by atoms with Gasteiger partial charge >= 0.3 is 0 Å². The zero-order valence-corrected chi connectivity index (χ0v) is 15.3. The highest BCUT2D eigenvalue weighted by Crippen LogP contribution is 2.33. The Hall–Kier alpha value is -2.25. The van der Waals surface area contributed by atoms with E-state index in [4.69, 9.17) is 0 Å². The Morgan fingerprint density at radius 1 is 0.750 bits per heavy atom. The zero-order valence-electron chi connectivity index (χ0n) is 14.4. The van der Waals surface area contributed by atoms with Crippen molar-refractivity contribution >= 4 is 51.0 Å². The molecule has 0 spiro atoms. The molecule has 1 heteroatoms. The summed E-state index contributed by atoms with van der Waals surface area (Å²) in [5, 5.41) is 7.59. The van der Waals surface area contributed by atoms with E-state index in [9.17, 15) is 0 Å². The van der Waals surface area contributed by atoms with E-state index in [0.717, 1.165) is 10.5 Å². The minimum atomic E-state index is 0.971. The Morgan fingerprint density at radius 2 is 1.46 bits per heavy atom. The molecule has 0 aliphatic heterocycles. The molecule has 0 aromatic heterocycles. The lowest BCUT2D eigenvalue weighted by Crippen LogP contribution is -1.84. The van der Waals surface area contributed by atoms with Crippen LogP contribution in [0.25, 0.3) is 38.4 Å². The second-order valence-corrected chi connectivity index (χ2v) is 6.27. The fourth-order valence-corrected chi connectivity index (χ4v) is 3.52. The molecule has 4 aromatic rings. The molecule has 0 saturated heterocycles.